The molecule has 6 heteroatoms. The highest BCUT2D eigenvalue weighted by atomic mass is 79.9. The average molecular weight is 392 g/mol. The zero-order valence-electron chi connectivity index (χ0n) is 14.6. The van der Waals surface area contributed by atoms with Crippen LogP contribution in [0.2, 0.25) is 0 Å². The molecule has 2 aliphatic rings. The molecule has 1 saturated carbocycles. The van der Waals surface area contributed by atoms with Crippen molar-refractivity contribution >= 4 is 26.8 Å². The predicted molar refractivity (Wildman–Crippen MR) is 100 cm³/mol. The van der Waals surface area contributed by atoms with Gasteiger partial charge in [0.1, 0.15) is 4.60 Å². The summed E-state index contributed by atoms with van der Waals surface area (Å²) in [5, 5.41) is 5.96. The van der Waals surface area contributed by atoms with Crippen LogP contribution in [0.15, 0.2) is 16.9 Å². The zero-order valence-corrected chi connectivity index (χ0v) is 16.2. The first-order valence-electron chi connectivity index (χ1n) is 9.05. The first kappa shape index (κ1) is 16.5. The van der Waals surface area contributed by atoms with Crippen LogP contribution in [0.4, 0.5) is 0 Å². The quantitative estimate of drug-likeness (QED) is 0.787. The summed E-state index contributed by atoms with van der Waals surface area (Å²) in [7, 11) is 2.23. The van der Waals surface area contributed by atoms with Gasteiger partial charge in [0, 0.05) is 44.1 Å². The molecule has 0 aromatic carbocycles. The van der Waals surface area contributed by atoms with Gasteiger partial charge in [-0.15, -0.1) is 0 Å². The van der Waals surface area contributed by atoms with Crippen molar-refractivity contribution in [3.8, 4) is 0 Å². The van der Waals surface area contributed by atoms with Crippen LogP contribution in [0.1, 0.15) is 37.4 Å². The second-order valence-electron chi connectivity index (χ2n) is 7.33. The van der Waals surface area contributed by atoms with Crippen molar-refractivity contribution in [1.82, 2.24) is 24.6 Å². The van der Waals surface area contributed by atoms with E-state index >= 15 is 0 Å². The molecule has 0 radical (unpaired) electrons. The van der Waals surface area contributed by atoms with Crippen molar-refractivity contribution in [3.05, 3.63) is 22.6 Å². The van der Waals surface area contributed by atoms with Crippen LogP contribution in [-0.4, -0.2) is 63.8 Å². The maximum absolute atomic E-state index is 4.79. The summed E-state index contributed by atoms with van der Waals surface area (Å²) in [6, 6.07) is 3.39. The molecular formula is C18H26BrN5. The van der Waals surface area contributed by atoms with Crippen molar-refractivity contribution in [3.63, 3.8) is 0 Å². The number of rotatable bonds is 2. The Bertz CT molecular complexity index is 712. The number of aromatic nitrogens is 3. The largest absolute Gasteiger partial charge is 0.304 e. The van der Waals surface area contributed by atoms with E-state index in [1.54, 1.807) is 0 Å². The van der Waals surface area contributed by atoms with Gasteiger partial charge < -0.3 is 4.90 Å². The van der Waals surface area contributed by atoms with Gasteiger partial charge in [0.05, 0.1) is 16.9 Å². The number of likely N-dealkylation sites (N-methyl/N-ethyl adjacent to an activating group) is 1. The smallest absolute Gasteiger partial charge is 0.137 e. The lowest BCUT2D eigenvalue weighted by atomic mass is 9.89. The molecule has 0 bridgehead atoms. The van der Waals surface area contributed by atoms with Gasteiger partial charge in [-0.05, 0) is 61.7 Å². The molecule has 2 fully saturated rings. The van der Waals surface area contributed by atoms with Crippen LogP contribution >= 0.6 is 15.9 Å². The van der Waals surface area contributed by atoms with Gasteiger partial charge in [-0.1, -0.05) is 0 Å². The molecule has 2 aromatic rings. The number of fused-ring (bicyclic) bond motifs is 1. The molecule has 2 aromatic heterocycles. The molecule has 3 heterocycles. The van der Waals surface area contributed by atoms with E-state index in [-0.39, 0.29) is 0 Å². The molecule has 1 saturated heterocycles. The van der Waals surface area contributed by atoms with Crippen LogP contribution in [0.25, 0.3) is 10.9 Å². The number of piperazine rings is 1. The number of halogens is 1. The van der Waals surface area contributed by atoms with E-state index in [9.17, 15) is 0 Å². The normalized spacial score (nSPS) is 27.0. The molecule has 4 rings (SSSR count). The van der Waals surface area contributed by atoms with E-state index in [4.69, 9.17) is 5.10 Å². The fourth-order valence-electron chi connectivity index (χ4n) is 4.33. The Morgan fingerprint density at radius 3 is 2.42 bits per heavy atom. The van der Waals surface area contributed by atoms with Gasteiger partial charge in [0.2, 0.25) is 0 Å². The maximum atomic E-state index is 4.79. The number of nitrogens with zero attached hydrogens (tertiary/aromatic N) is 5. The van der Waals surface area contributed by atoms with E-state index in [2.05, 4.69) is 55.4 Å². The van der Waals surface area contributed by atoms with Crippen LogP contribution in [0.3, 0.4) is 0 Å². The molecule has 1 aliphatic carbocycles. The third kappa shape index (κ3) is 3.00. The molecule has 1 aliphatic heterocycles. The Kier molecular flexibility index (Phi) is 4.62. The lowest BCUT2D eigenvalue weighted by Crippen LogP contribution is -2.49. The average Bonchev–Trinajstić information content (AvgIpc) is 2.94. The van der Waals surface area contributed by atoms with E-state index < -0.39 is 0 Å². The standard InChI is InChI=1S/C18H26BrN5/c1-13-17-16(7-8-20-13)24(21-18(17)19)15-5-3-14(4-6-15)23-11-9-22(2)10-12-23/h7-8,14-15H,3-6,9-12H2,1-2H3. The zero-order chi connectivity index (χ0) is 16.7. The van der Waals surface area contributed by atoms with Gasteiger partial charge in [-0.2, -0.15) is 5.10 Å². The van der Waals surface area contributed by atoms with Crippen molar-refractivity contribution in [2.24, 2.45) is 0 Å². The second-order valence-corrected chi connectivity index (χ2v) is 8.08. The van der Waals surface area contributed by atoms with E-state index in [1.165, 1.54) is 62.8 Å². The summed E-state index contributed by atoms with van der Waals surface area (Å²) in [4.78, 5) is 9.56. The number of hydrogen-bond acceptors (Lipinski definition) is 4. The lowest BCUT2D eigenvalue weighted by molar-refractivity contribution is 0.0815. The van der Waals surface area contributed by atoms with Gasteiger partial charge in [0.25, 0.3) is 0 Å². The second kappa shape index (κ2) is 6.73. The van der Waals surface area contributed by atoms with Crippen molar-refractivity contribution in [2.75, 3.05) is 33.2 Å². The molecular weight excluding hydrogens is 366 g/mol. The molecule has 0 unspecified atom stereocenters. The van der Waals surface area contributed by atoms with Crippen LogP contribution in [-0.2, 0) is 0 Å². The van der Waals surface area contributed by atoms with Gasteiger partial charge in [-0.3, -0.25) is 14.6 Å². The Balaban J connectivity index is 1.47. The Morgan fingerprint density at radius 1 is 1.04 bits per heavy atom. The van der Waals surface area contributed by atoms with Crippen molar-refractivity contribution in [2.45, 2.75) is 44.7 Å². The fourth-order valence-corrected chi connectivity index (χ4v) is 4.99. The Labute approximate surface area is 152 Å². The number of pyridine rings is 1. The summed E-state index contributed by atoms with van der Waals surface area (Å²) in [5.74, 6) is 0. The summed E-state index contributed by atoms with van der Waals surface area (Å²) >= 11 is 3.63. The predicted octanol–water partition coefficient (Wildman–Crippen LogP) is 3.23. The number of aryl methyl sites for hydroxylation is 1. The van der Waals surface area contributed by atoms with Crippen molar-refractivity contribution < 1.29 is 0 Å². The van der Waals surface area contributed by atoms with Gasteiger partial charge in [-0.25, -0.2) is 0 Å². The fraction of sp³-hybridized carbons (Fsp3) is 0.667. The molecule has 0 N–H and O–H groups in total. The molecule has 130 valence electrons. The minimum absolute atomic E-state index is 0.518. The maximum Gasteiger partial charge on any atom is 0.137 e. The monoisotopic (exact) mass is 391 g/mol. The molecule has 0 amide bonds. The molecule has 0 atom stereocenters. The minimum Gasteiger partial charge on any atom is -0.304 e. The highest BCUT2D eigenvalue weighted by Gasteiger charge is 2.29. The summed E-state index contributed by atoms with van der Waals surface area (Å²) in [6.07, 6.45) is 6.93. The highest BCUT2D eigenvalue weighted by molar-refractivity contribution is 9.10. The molecule has 5 nitrogen and oxygen atoms in total. The number of hydrogen-bond donors (Lipinski definition) is 0. The third-order valence-corrected chi connectivity index (χ3v) is 6.39. The summed E-state index contributed by atoms with van der Waals surface area (Å²) < 4.78 is 3.18. The lowest BCUT2D eigenvalue weighted by Gasteiger charge is -2.41. The van der Waals surface area contributed by atoms with E-state index in [1.807, 2.05) is 6.20 Å². The Morgan fingerprint density at radius 2 is 1.71 bits per heavy atom. The third-order valence-electron chi connectivity index (χ3n) is 5.83. The topological polar surface area (TPSA) is 37.2 Å². The van der Waals surface area contributed by atoms with Crippen LogP contribution in [0, 0.1) is 6.92 Å². The minimum atomic E-state index is 0.518. The first-order valence-corrected chi connectivity index (χ1v) is 9.84. The molecule has 24 heavy (non-hydrogen) atoms. The highest BCUT2D eigenvalue weighted by Crippen LogP contribution is 2.35. The first-order chi connectivity index (χ1) is 11.6. The van der Waals surface area contributed by atoms with E-state index in [0.717, 1.165) is 16.3 Å². The SMILES string of the molecule is Cc1nccc2c1c(Br)nn2C1CCC(N2CCN(C)CC2)CC1. The summed E-state index contributed by atoms with van der Waals surface area (Å²) in [5.41, 5.74) is 2.27. The van der Waals surface area contributed by atoms with Crippen LogP contribution < -0.4 is 0 Å². The van der Waals surface area contributed by atoms with Gasteiger partial charge >= 0.3 is 0 Å². The Hall–Kier alpha value is -0.980. The van der Waals surface area contributed by atoms with Crippen molar-refractivity contribution in [1.29, 1.82) is 0 Å². The summed E-state index contributed by atoms with van der Waals surface area (Å²) in [6.45, 7) is 6.94. The van der Waals surface area contributed by atoms with Gasteiger partial charge in [0.15, 0.2) is 0 Å². The molecule has 0 spiro atoms. The van der Waals surface area contributed by atoms with Crippen LogP contribution in [0.5, 0.6) is 0 Å². The van der Waals surface area contributed by atoms with E-state index in [0.29, 0.717) is 6.04 Å².